The summed E-state index contributed by atoms with van der Waals surface area (Å²) in [7, 11) is 0.364. The lowest BCUT2D eigenvalue weighted by Gasteiger charge is -2.68. The highest BCUT2D eigenvalue weighted by Crippen LogP contribution is 2.93. The lowest BCUT2D eigenvalue weighted by atomic mass is 9.98. The summed E-state index contributed by atoms with van der Waals surface area (Å²) >= 11 is 0. The Labute approximate surface area is 297 Å². The maximum Gasteiger partial charge on any atom is 0.0123 e. The molecule has 3 saturated carbocycles. The molecular formula is C42H84P4. The molecule has 3 aliphatic rings. The molecule has 0 amide bonds. The minimum absolute atomic E-state index is 0.00103. The van der Waals surface area contributed by atoms with Gasteiger partial charge in [0, 0.05) is 14.7 Å². The Hall–Kier alpha value is 1.72. The van der Waals surface area contributed by atoms with Crippen molar-refractivity contribution in [2.75, 3.05) is 37.0 Å². The highest BCUT2D eigenvalue weighted by molar-refractivity contribution is 7.91. The molecule has 0 N–H and O–H groups in total. The van der Waals surface area contributed by atoms with E-state index >= 15 is 0 Å². The summed E-state index contributed by atoms with van der Waals surface area (Å²) in [5, 5.41) is 0. The van der Waals surface area contributed by atoms with Gasteiger partial charge in [-0.15, -0.1) is 0 Å². The molecule has 0 saturated heterocycles. The molecule has 4 heteroatoms. The second-order valence-electron chi connectivity index (χ2n) is 16.0. The lowest BCUT2D eigenvalue weighted by Crippen LogP contribution is -2.49. The van der Waals surface area contributed by atoms with Gasteiger partial charge in [-0.05, 0) is 114 Å². The largest absolute Gasteiger partial charge is 0.0958 e. The van der Waals surface area contributed by atoms with Crippen molar-refractivity contribution < 1.29 is 0 Å². The zero-order valence-corrected chi connectivity index (χ0v) is 36.2. The van der Waals surface area contributed by atoms with Crippen LogP contribution in [0.25, 0.3) is 0 Å². The molecule has 0 aromatic carbocycles. The summed E-state index contributed by atoms with van der Waals surface area (Å²) < 4.78 is 0. The highest BCUT2D eigenvalue weighted by Gasteiger charge is 2.64. The van der Waals surface area contributed by atoms with Gasteiger partial charge in [0.25, 0.3) is 0 Å². The van der Waals surface area contributed by atoms with Crippen molar-refractivity contribution in [3.63, 3.8) is 0 Å². The van der Waals surface area contributed by atoms with E-state index in [4.69, 9.17) is 0 Å². The third-order valence-electron chi connectivity index (χ3n) is 12.7. The van der Waals surface area contributed by atoms with Crippen LogP contribution in [0.15, 0.2) is 0 Å². The van der Waals surface area contributed by atoms with Crippen LogP contribution >= 0.6 is 31.7 Å². The average molecular weight is 713 g/mol. The molecule has 0 atom stereocenters. The van der Waals surface area contributed by atoms with Crippen molar-refractivity contribution >= 4 is 31.7 Å². The molecule has 0 aromatic rings. The van der Waals surface area contributed by atoms with Crippen molar-refractivity contribution in [2.45, 2.75) is 230 Å². The van der Waals surface area contributed by atoms with Crippen molar-refractivity contribution in [2.24, 2.45) is 0 Å². The monoisotopic (exact) mass is 713 g/mol. The van der Waals surface area contributed by atoms with E-state index in [0.717, 1.165) is 14.7 Å². The Morgan fingerprint density at radius 2 is 0.500 bits per heavy atom. The van der Waals surface area contributed by atoms with Crippen LogP contribution in [0, 0.1) is 0 Å². The van der Waals surface area contributed by atoms with E-state index in [2.05, 4.69) is 41.5 Å². The molecule has 0 unspecified atom stereocenters. The predicted molar refractivity (Wildman–Crippen MR) is 224 cm³/mol. The maximum atomic E-state index is 2.51. The molecule has 0 spiro atoms. The fourth-order valence-electron chi connectivity index (χ4n) is 10.2. The number of hydrogen-bond acceptors (Lipinski definition) is 0. The van der Waals surface area contributed by atoms with Crippen LogP contribution in [-0.4, -0.2) is 51.7 Å². The van der Waals surface area contributed by atoms with Crippen LogP contribution in [0.2, 0.25) is 0 Å². The van der Waals surface area contributed by atoms with Crippen LogP contribution in [0.3, 0.4) is 0 Å². The SMILES string of the molecule is CCCCP(CCCC)C1(P(C2(P(CCCC)CCCC)CCCCC2)C2(P(CCCC)CCCC)CCCCC2)CCCCC1. The summed E-state index contributed by atoms with van der Waals surface area (Å²) in [6.07, 6.45) is 51.8. The Bertz CT molecular complexity index is 625. The Kier molecular flexibility index (Phi) is 21.4. The van der Waals surface area contributed by atoms with Crippen molar-refractivity contribution in [3.8, 4) is 0 Å². The number of hydrogen-bond donors (Lipinski definition) is 0. The first-order valence-electron chi connectivity index (χ1n) is 21.6. The quantitative estimate of drug-likeness (QED) is 0.0874. The van der Waals surface area contributed by atoms with Gasteiger partial charge in [-0.25, -0.2) is 0 Å². The molecule has 0 aromatic heterocycles. The Morgan fingerprint density at radius 1 is 0.304 bits per heavy atom. The normalized spacial score (nSPS) is 21.5. The Balaban J connectivity index is 2.40. The van der Waals surface area contributed by atoms with E-state index in [1.807, 2.05) is 0 Å². The van der Waals surface area contributed by atoms with E-state index in [-0.39, 0.29) is 31.7 Å². The van der Waals surface area contributed by atoms with Gasteiger partial charge < -0.3 is 0 Å². The van der Waals surface area contributed by atoms with Crippen LogP contribution in [0.4, 0.5) is 0 Å². The van der Waals surface area contributed by atoms with Gasteiger partial charge in [-0.1, -0.05) is 170 Å². The zero-order valence-electron chi connectivity index (χ0n) is 32.6. The van der Waals surface area contributed by atoms with E-state index in [0.29, 0.717) is 0 Å². The minimum atomic E-state index is 0.00103. The predicted octanol–water partition coefficient (Wildman–Crippen LogP) is 16.7. The zero-order chi connectivity index (χ0) is 33.1. The second kappa shape index (κ2) is 23.3. The second-order valence-corrected chi connectivity index (χ2v) is 28.8. The molecule has 0 radical (unpaired) electrons. The van der Waals surface area contributed by atoms with E-state index in [9.17, 15) is 0 Å². The summed E-state index contributed by atoms with van der Waals surface area (Å²) in [6, 6.07) is 0. The maximum absolute atomic E-state index is 2.51. The standard InChI is InChI=1S/C42H84P4/c1-7-13-34-43(35-14-8-2)40(28-22-19-23-29-40)46(41(30-24-20-25-31-41)44(36-15-9-3)37-16-10-4)42(32-26-21-27-33-42)45(38-17-11-5)39-18-12-6/h7-39H2,1-6H3. The van der Waals surface area contributed by atoms with E-state index < -0.39 is 0 Å². The third kappa shape index (κ3) is 10.9. The lowest BCUT2D eigenvalue weighted by molar-refractivity contribution is 0.417. The molecule has 0 nitrogen and oxygen atoms in total. The van der Waals surface area contributed by atoms with Gasteiger partial charge >= 0.3 is 0 Å². The van der Waals surface area contributed by atoms with Crippen LogP contribution < -0.4 is 0 Å². The number of rotatable bonds is 24. The van der Waals surface area contributed by atoms with E-state index in [1.165, 1.54) is 77.0 Å². The first kappa shape index (κ1) is 42.1. The minimum Gasteiger partial charge on any atom is -0.0958 e. The molecule has 3 rings (SSSR count). The third-order valence-corrected chi connectivity index (χ3v) is 30.9. The fourth-order valence-corrected chi connectivity index (χ4v) is 34.4. The van der Waals surface area contributed by atoms with Crippen molar-refractivity contribution in [1.29, 1.82) is 0 Å². The Morgan fingerprint density at radius 3 is 0.674 bits per heavy atom. The first-order chi connectivity index (χ1) is 22.5. The van der Waals surface area contributed by atoms with Crippen LogP contribution in [0.5, 0.6) is 0 Å². The topological polar surface area (TPSA) is 0 Å². The van der Waals surface area contributed by atoms with Crippen LogP contribution in [0.1, 0.15) is 215 Å². The van der Waals surface area contributed by atoms with Gasteiger partial charge in [0.2, 0.25) is 0 Å². The van der Waals surface area contributed by atoms with Crippen LogP contribution in [-0.2, 0) is 0 Å². The van der Waals surface area contributed by atoms with Crippen molar-refractivity contribution in [1.82, 2.24) is 0 Å². The fraction of sp³-hybridized carbons (Fsp3) is 1.00. The summed E-state index contributed by atoms with van der Waals surface area (Å²) in [5.74, 6) is 0. The molecular weight excluding hydrogens is 628 g/mol. The number of unbranched alkanes of at least 4 members (excludes halogenated alkanes) is 6. The molecule has 0 aliphatic heterocycles. The molecule has 3 aliphatic carbocycles. The van der Waals surface area contributed by atoms with E-state index in [1.54, 1.807) is 133 Å². The van der Waals surface area contributed by atoms with Gasteiger partial charge in [0.1, 0.15) is 0 Å². The van der Waals surface area contributed by atoms with Crippen molar-refractivity contribution in [3.05, 3.63) is 0 Å². The highest BCUT2D eigenvalue weighted by atomic mass is 31.2. The average Bonchev–Trinajstić information content (AvgIpc) is 3.09. The van der Waals surface area contributed by atoms with Gasteiger partial charge in [-0.2, -0.15) is 0 Å². The molecule has 3 fully saturated rings. The first-order valence-corrected chi connectivity index (χ1v) is 28.1. The summed E-state index contributed by atoms with van der Waals surface area (Å²) in [4.78, 5) is 2.29. The molecule has 0 heterocycles. The molecule has 272 valence electrons. The molecule has 46 heavy (non-hydrogen) atoms. The summed E-state index contributed by atoms with van der Waals surface area (Å²) in [5.41, 5.74) is 0. The summed E-state index contributed by atoms with van der Waals surface area (Å²) in [6.45, 7) is 15.1. The van der Waals surface area contributed by atoms with Gasteiger partial charge in [0.15, 0.2) is 0 Å². The van der Waals surface area contributed by atoms with Gasteiger partial charge in [0.05, 0.1) is 0 Å². The molecule has 0 bridgehead atoms. The smallest absolute Gasteiger partial charge is 0.0123 e. The van der Waals surface area contributed by atoms with Gasteiger partial charge in [-0.3, -0.25) is 0 Å².